The number of nitrogens with zero attached hydrogens (tertiary/aromatic N) is 2. The standard InChI is InChI=1S/C12H14N4O3/c17-16(18)9-4-1-5-10-11(9)15-12(19-10)14-7-8-3-2-6-13-8/h1,4-5,8,13H,2-3,6-7H2,(H,14,15). The first-order valence-electron chi connectivity index (χ1n) is 6.25. The minimum atomic E-state index is -0.451. The Balaban J connectivity index is 1.80. The quantitative estimate of drug-likeness (QED) is 0.645. The van der Waals surface area contributed by atoms with Gasteiger partial charge in [0.15, 0.2) is 11.1 Å². The van der Waals surface area contributed by atoms with Crippen molar-refractivity contribution in [1.29, 1.82) is 0 Å². The maximum Gasteiger partial charge on any atom is 0.298 e. The summed E-state index contributed by atoms with van der Waals surface area (Å²) in [7, 11) is 0. The molecule has 7 heteroatoms. The zero-order valence-electron chi connectivity index (χ0n) is 10.3. The molecule has 2 aromatic rings. The lowest BCUT2D eigenvalue weighted by Crippen LogP contribution is -2.29. The number of aromatic nitrogens is 1. The van der Waals surface area contributed by atoms with Crippen molar-refractivity contribution in [3.63, 3.8) is 0 Å². The van der Waals surface area contributed by atoms with Crippen LogP contribution in [0.4, 0.5) is 11.7 Å². The van der Waals surface area contributed by atoms with Crippen molar-refractivity contribution in [2.45, 2.75) is 18.9 Å². The smallest absolute Gasteiger partial charge is 0.298 e. The van der Waals surface area contributed by atoms with Gasteiger partial charge in [-0.25, -0.2) is 0 Å². The molecule has 0 saturated carbocycles. The number of hydrogen-bond acceptors (Lipinski definition) is 6. The molecule has 0 bridgehead atoms. The minimum Gasteiger partial charge on any atom is -0.423 e. The molecule has 0 amide bonds. The fraction of sp³-hybridized carbons (Fsp3) is 0.417. The first kappa shape index (κ1) is 11.9. The topological polar surface area (TPSA) is 93.2 Å². The van der Waals surface area contributed by atoms with E-state index in [0.29, 0.717) is 24.2 Å². The molecule has 1 aromatic heterocycles. The van der Waals surface area contributed by atoms with Gasteiger partial charge in [0.2, 0.25) is 0 Å². The molecule has 100 valence electrons. The number of rotatable bonds is 4. The fourth-order valence-electron chi connectivity index (χ4n) is 2.30. The van der Waals surface area contributed by atoms with Gasteiger partial charge in [0.05, 0.1) is 4.92 Å². The van der Waals surface area contributed by atoms with Gasteiger partial charge < -0.3 is 15.1 Å². The highest BCUT2D eigenvalue weighted by atomic mass is 16.6. The van der Waals surface area contributed by atoms with E-state index in [9.17, 15) is 10.1 Å². The molecule has 1 aliphatic rings. The number of para-hydroxylation sites is 1. The Kier molecular flexibility index (Phi) is 3.04. The molecule has 7 nitrogen and oxygen atoms in total. The number of anilines is 1. The second-order valence-electron chi connectivity index (χ2n) is 4.57. The van der Waals surface area contributed by atoms with Crippen molar-refractivity contribution in [3.8, 4) is 0 Å². The number of nitro benzene ring substituents is 1. The van der Waals surface area contributed by atoms with Crippen LogP contribution in [-0.2, 0) is 0 Å². The summed E-state index contributed by atoms with van der Waals surface area (Å²) in [5.41, 5.74) is 0.679. The highest BCUT2D eigenvalue weighted by Gasteiger charge is 2.18. The van der Waals surface area contributed by atoms with Crippen LogP contribution in [-0.4, -0.2) is 29.0 Å². The van der Waals surface area contributed by atoms with Crippen LogP contribution in [0.3, 0.4) is 0 Å². The van der Waals surface area contributed by atoms with E-state index < -0.39 is 4.92 Å². The summed E-state index contributed by atoms with van der Waals surface area (Å²) < 4.78 is 5.46. The Hall–Kier alpha value is -2.15. The normalized spacial score (nSPS) is 18.8. The van der Waals surface area contributed by atoms with Crippen LogP contribution in [0.25, 0.3) is 11.1 Å². The van der Waals surface area contributed by atoms with E-state index in [-0.39, 0.29) is 11.2 Å². The molecule has 3 rings (SSSR count). The Morgan fingerprint density at radius 2 is 2.47 bits per heavy atom. The van der Waals surface area contributed by atoms with E-state index in [2.05, 4.69) is 15.6 Å². The number of nitro groups is 1. The van der Waals surface area contributed by atoms with Crippen LogP contribution in [0.2, 0.25) is 0 Å². The van der Waals surface area contributed by atoms with Gasteiger partial charge in [-0.1, -0.05) is 6.07 Å². The summed E-state index contributed by atoms with van der Waals surface area (Å²) in [6.45, 7) is 1.74. The molecule has 0 aliphatic carbocycles. The van der Waals surface area contributed by atoms with E-state index in [0.717, 1.165) is 13.0 Å². The van der Waals surface area contributed by atoms with Crippen molar-refractivity contribution in [3.05, 3.63) is 28.3 Å². The number of fused-ring (bicyclic) bond motifs is 1. The van der Waals surface area contributed by atoms with Crippen LogP contribution in [0, 0.1) is 10.1 Å². The maximum absolute atomic E-state index is 10.9. The van der Waals surface area contributed by atoms with Crippen molar-refractivity contribution in [1.82, 2.24) is 10.3 Å². The average molecular weight is 262 g/mol. The molecule has 1 aliphatic heterocycles. The lowest BCUT2D eigenvalue weighted by molar-refractivity contribution is -0.383. The molecule has 1 unspecified atom stereocenters. The number of nitrogens with one attached hydrogen (secondary N) is 2. The number of hydrogen-bond donors (Lipinski definition) is 2. The highest BCUT2D eigenvalue weighted by Crippen LogP contribution is 2.27. The van der Waals surface area contributed by atoms with Crippen LogP contribution in [0.15, 0.2) is 22.6 Å². The third-order valence-corrected chi connectivity index (χ3v) is 3.26. The summed E-state index contributed by atoms with van der Waals surface area (Å²) in [6.07, 6.45) is 2.29. The van der Waals surface area contributed by atoms with Gasteiger partial charge in [-0.15, -0.1) is 0 Å². The number of oxazole rings is 1. The Morgan fingerprint density at radius 3 is 3.21 bits per heavy atom. The van der Waals surface area contributed by atoms with Gasteiger partial charge in [-0.3, -0.25) is 10.1 Å². The van der Waals surface area contributed by atoms with Gasteiger partial charge in [-0.2, -0.15) is 4.98 Å². The summed E-state index contributed by atoms with van der Waals surface area (Å²) in [4.78, 5) is 14.6. The van der Waals surface area contributed by atoms with Gasteiger partial charge in [-0.05, 0) is 25.5 Å². The molecule has 0 spiro atoms. The third kappa shape index (κ3) is 2.37. The summed E-state index contributed by atoms with van der Waals surface area (Å²) in [6, 6.07) is 5.43. The van der Waals surface area contributed by atoms with Gasteiger partial charge in [0.25, 0.3) is 11.7 Å². The third-order valence-electron chi connectivity index (χ3n) is 3.26. The fourth-order valence-corrected chi connectivity index (χ4v) is 2.30. The zero-order chi connectivity index (χ0) is 13.2. The lowest BCUT2D eigenvalue weighted by Gasteiger charge is -2.09. The van der Waals surface area contributed by atoms with E-state index in [1.807, 2.05) is 0 Å². The van der Waals surface area contributed by atoms with Crippen molar-refractivity contribution >= 4 is 22.8 Å². The Labute approximate surface area is 109 Å². The molecule has 0 radical (unpaired) electrons. The lowest BCUT2D eigenvalue weighted by atomic mass is 10.2. The van der Waals surface area contributed by atoms with E-state index >= 15 is 0 Å². The van der Waals surface area contributed by atoms with Gasteiger partial charge in [0, 0.05) is 18.7 Å². The minimum absolute atomic E-state index is 0.0340. The number of non-ortho nitro benzene ring substituents is 1. The second-order valence-corrected chi connectivity index (χ2v) is 4.57. The molecule has 1 saturated heterocycles. The monoisotopic (exact) mass is 262 g/mol. The summed E-state index contributed by atoms with van der Waals surface area (Å²) >= 11 is 0. The second kappa shape index (κ2) is 4.85. The molecule has 2 N–H and O–H groups in total. The van der Waals surface area contributed by atoms with Crippen LogP contribution < -0.4 is 10.6 Å². The van der Waals surface area contributed by atoms with Crippen molar-refractivity contribution < 1.29 is 9.34 Å². The van der Waals surface area contributed by atoms with Crippen molar-refractivity contribution in [2.75, 3.05) is 18.4 Å². The molecule has 19 heavy (non-hydrogen) atoms. The molecule has 2 heterocycles. The number of benzene rings is 1. The SMILES string of the molecule is O=[N+]([O-])c1cccc2oc(NCC3CCCN3)nc12. The van der Waals surface area contributed by atoms with Gasteiger partial charge in [0.1, 0.15) is 0 Å². The molecule has 1 fully saturated rings. The summed E-state index contributed by atoms with van der Waals surface area (Å²) in [5.74, 6) is 0. The first-order valence-corrected chi connectivity index (χ1v) is 6.25. The molecular formula is C12H14N4O3. The zero-order valence-corrected chi connectivity index (χ0v) is 10.3. The Bertz CT molecular complexity index is 604. The van der Waals surface area contributed by atoms with Crippen LogP contribution >= 0.6 is 0 Å². The van der Waals surface area contributed by atoms with Crippen LogP contribution in [0.5, 0.6) is 0 Å². The van der Waals surface area contributed by atoms with Crippen LogP contribution in [0.1, 0.15) is 12.8 Å². The Morgan fingerprint density at radius 1 is 1.58 bits per heavy atom. The predicted molar refractivity (Wildman–Crippen MR) is 70.2 cm³/mol. The van der Waals surface area contributed by atoms with E-state index in [1.165, 1.54) is 12.5 Å². The summed E-state index contributed by atoms with van der Waals surface area (Å²) in [5, 5.41) is 17.3. The highest BCUT2D eigenvalue weighted by molar-refractivity contribution is 5.83. The predicted octanol–water partition coefficient (Wildman–Crippen LogP) is 1.90. The molecule has 1 atom stereocenters. The van der Waals surface area contributed by atoms with E-state index in [4.69, 9.17) is 4.42 Å². The first-order chi connectivity index (χ1) is 9.24. The van der Waals surface area contributed by atoms with E-state index in [1.54, 1.807) is 12.1 Å². The largest absolute Gasteiger partial charge is 0.423 e. The molecule has 1 aromatic carbocycles. The maximum atomic E-state index is 10.9. The molecular weight excluding hydrogens is 248 g/mol. The van der Waals surface area contributed by atoms with Crippen molar-refractivity contribution in [2.24, 2.45) is 0 Å². The average Bonchev–Trinajstić information content (AvgIpc) is 3.04. The van der Waals surface area contributed by atoms with Gasteiger partial charge >= 0.3 is 0 Å².